The molecule has 0 bridgehead atoms. The maximum Gasteiger partial charge on any atom is 0.341 e. The third kappa shape index (κ3) is 4.22. The molecule has 126 valence electrons. The molecule has 23 heavy (non-hydrogen) atoms. The van der Waals surface area contributed by atoms with Crippen molar-refractivity contribution in [3.63, 3.8) is 0 Å². The number of benzene rings is 1. The number of aliphatic carboxylic acids is 1. The second-order valence-corrected chi connectivity index (χ2v) is 5.87. The predicted octanol–water partition coefficient (Wildman–Crippen LogP) is 2.02. The molecular formula is C17H23NO5. The zero-order valence-corrected chi connectivity index (χ0v) is 13.8. The van der Waals surface area contributed by atoms with Gasteiger partial charge in [-0.3, -0.25) is 4.79 Å². The average Bonchev–Trinajstić information content (AvgIpc) is 2.69. The van der Waals surface area contributed by atoms with Gasteiger partial charge in [0.25, 0.3) is 5.91 Å². The Morgan fingerprint density at radius 3 is 2.57 bits per heavy atom. The van der Waals surface area contributed by atoms with E-state index in [0.717, 1.165) is 17.5 Å². The number of carbonyl (C=O) groups is 2. The van der Waals surface area contributed by atoms with Gasteiger partial charge < -0.3 is 19.5 Å². The van der Waals surface area contributed by atoms with Crippen LogP contribution in [0.2, 0.25) is 0 Å². The maximum absolute atomic E-state index is 12.8. The van der Waals surface area contributed by atoms with Gasteiger partial charge >= 0.3 is 5.97 Å². The Bertz CT molecular complexity index is 576. The van der Waals surface area contributed by atoms with Crippen molar-refractivity contribution < 1.29 is 24.2 Å². The van der Waals surface area contributed by atoms with E-state index in [2.05, 4.69) is 0 Å². The summed E-state index contributed by atoms with van der Waals surface area (Å²) in [7, 11) is 0. The number of hydrogen-bond acceptors (Lipinski definition) is 4. The van der Waals surface area contributed by atoms with E-state index in [1.54, 1.807) is 12.1 Å². The molecule has 0 saturated carbocycles. The summed E-state index contributed by atoms with van der Waals surface area (Å²) in [4.78, 5) is 25.3. The molecule has 0 aromatic heterocycles. The van der Waals surface area contributed by atoms with Crippen molar-refractivity contribution in [2.75, 3.05) is 26.4 Å². The molecule has 1 aromatic rings. The van der Waals surface area contributed by atoms with Crippen molar-refractivity contribution in [2.45, 2.75) is 33.2 Å². The quantitative estimate of drug-likeness (QED) is 0.918. The lowest BCUT2D eigenvalue weighted by Crippen LogP contribution is -2.39. The molecule has 6 nitrogen and oxygen atoms in total. The van der Waals surface area contributed by atoms with E-state index in [1.165, 1.54) is 0 Å². The number of nitrogens with zero attached hydrogens (tertiary/aromatic N) is 1. The molecule has 1 amide bonds. The molecule has 1 atom stereocenters. The van der Waals surface area contributed by atoms with Crippen LogP contribution in [0.5, 0.6) is 5.75 Å². The van der Waals surface area contributed by atoms with Crippen molar-refractivity contribution in [1.82, 2.24) is 4.90 Å². The van der Waals surface area contributed by atoms with Crippen LogP contribution >= 0.6 is 0 Å². The largest absolute Gasteiger partial charge is 0.481 e. The summed E-state index contributed by atoms with van der Waals surface area (Å²) in [5, 5.41) is 8.73. The number of aryl methyl sites for hydroxylation is 2. The van der Waals surface area contributed by atoms with Crippen LogP contribution in [0.4, 0.5) is 0 Å². The molecule has 0 spiro atoms. The van der Waals surface area contributed by atoms with Gasteiger partial charge in [-0.2, -0.15) is 0 Å². The molecule has 1 aliphatic heterocycles. The summed E-state index contributed by atoms with van der Waals surface area (Å²) in [5.41, 5.74) is 2.11. The second-order valence-electron chi connectivity index (χ2n) is 5.87. The first-order chi connectivity index (χ1) is 10.9. The molecule has 1 unspecified atom stereocenters. The Balaban J connectivity index is 2.22. The van der Waals surface area contributed by atoms with Gasteiger partial charge in [0.15, 0.2) is 6.61 Å². The molecule has 0 aliphatic carbocycles. The zero-order valence-electron chi connectivity index (χ0n) is 13.8. The minimum Gasteiger partial charge on any atom is -0.481 e. The Kier molecular flexibility index (Phi) is 5.60. The highest BCUT2D eigenvalue weighted by Crippen LogP contribution is 2.26. The third-order valence-corrected chi connectivity index (χ3v) is 4.00. The fraction of sp³-hybridized carbons (Fsp3) is 0.529. The molecule has 0 radical (unpaired) electrons. The minimum atomic E-state index is -1.03. The van der Waals surface area contributed by atoms with E-state index < -0.39 is 12.6 Å². The van der Waals surface area contributed by atoms with Crippen LogP contribution in [0.1, 0.15) is 34.8 Å². The summed E-state index contributed by atoms with van der Waals surface area (Å²) in [6.07, 6.45) is 0.823. The van der Waals surface area contributed by atoms with E-state index >= 15 is 0 Å². The summed E-state index contributed by atoms with van der Waals surface area (Å²) in [6.45, 7) is 7.06. The lowest BCUT2D eigenvalue weighted by molar-refractivity contribution is -0.139. The van der Waals surface area contributed by atoms with E-state index in [-0.39, 0.29) is 11.9 Å². The fourth-order valence-electron chi connectivity index (χ4n) is 2.80. The van der Waals surface area contributed by atoms with Gasteiger partial charge in [-0.25, -0.2) is 4.79 Å². The van der Waals surface area contributed by atoms with Crippen LogP contribution in [0.25, 0.3) is 0 Å². The van der Waals surface area contributed by atoms with Gasteiger partial charge in [-0.15, -0.1) is 0 Å². The van der Waals surface area contributed by atoms with Crippen LogP contribution in [0.3, 0.4) is 0 Å². The highest BCUT2D eigenvalue weighted by molar-refractivity contribution is 5.95. The lowest BCUT2D eigenvalue weighted by Gasteiger charge is -2.27. The number of carbonyl (C=O) groups excluding carboxylic acids is 1. The van der Waals surface area contributed by atoms with E-state index in [1.807, 2.05) is 25.7 Å². The number of amides is 1. The topological polar surface area (TPSA) is 76.1 Å². The van der Waals surface area contributed by atoms with Crippen LogP contribution < -0.4 is 4.74 Å². The maximum atomic E-state index is 12.8. The van der Waals surface area contributed by atoms with Gasteiger partial charge in [0, 0.05) is 24.8 Å². The molecule has 2 rings (SSSR count). The predicted molar refractivity (Wildman–Crippen MR) is 85.0 cm³/mol. The highest BCUT2D eigenvalue weighted by Gasteiger charge is 2.24. The van der Waals surface area contributed by atoms with Crippen molar-refractivity contribution >= 4 is 11.9 Å². The van der Waals surface area contributed by atoms with Crippen molar-refractivity contribution in [3.05, 3.63) is 28.8 Å². The number of hydrogen-bond donors (Lipinski definition) is 1. The van der Waals surface area contributed by atoms with Crippen LogP contribution in [-0.4, -0.2) is 54.3 Å². The zero-order chi connectivity index (χ0) is 17.0. The summed E-state index contributed by atoms with van der Waals surface area (Å²) < 4.78 is 10.7. The first kappa shape index (κ1) is 17.3. The third-order valence-electron chi connectivity index (χ3n) is 4.00. The Morgan fingerprint density at radius 2 is 1.96 bits per heavy atom. The number of carboxylic acid groups (broad SMARTS) is 1. The van der Waals surface area contributed by atoms with Gasteiger partial charge in [0.1, 0.15) is 5.75 Å². The Labute approximate surface area is 136 Å². The van der Waals surface area contributed by atoms with Crippen LogP contribution in [-0.2, 0) is 9.53 Å². The van der Waals surface area contributed by atoms with Gasteiger partial charge in [0.05, 0.1) is 6.61 Å². The molecule has 1 heterocycles. The van der Waals surface area contributed by atoms with Crippen molar-refractivity contribution in [3.8, 4) is 5.75 Å². The number of rotatable bonds is 4. The summed E-state index contributed by atoms with van der Waals surface area (Å²) in [6, 6.07) is 3.64. The molecular weight excluding hydrogens is 298 g/mol. The van der Waals surface area contributed by atoms with Gasteiger partial charge in [-0.05, 0) is 50.5 Å². The minimum absolute atomic E-state index is 0.0287. The number of carboxylic acids is 1. The fourth-order valence-corrected chi connectivity index (χ4v) is 2.80. The first-order valence-corrected chi connectivity index (χ1v) is 7.74. The normalized spacial score (nSPS) is 18.4. The summed E-state index contributed by atoms with van der Waals surface area (Å²) >= 11 is 0. The highest BCUT2D eigenvalue weighted by atomic mass is 16.5. The Hall–Kier alpha value is -2.08. The van der Waals surface area contributed by atoms with Crippen LogP contribution in [0, 0.1) is 13.8 Å². The van der Waals surface area contributed by atoms with Gasteiger partial charge in [0.2, 0.25) is 0 Å². The SMILES string of the molecule is Cc1cc(C(=O)N2CCOCCC2C)cc(C)c1OCC(=O)O. The molecule has 1 N–H and O–H groups in total. The molecule has 6 heteroatoms. The van der Waals surface area contributed by atoms with Crippen molar-refractivity contribution in [1.29, 1.82) is 0 Å². The van der Waals surface area contributed by atoms with E-state index in [9.17, 15) is 9.59 Å². The lowest BCUT2D eigenvalue weighted by atomic mass is 10.0. The summed E-state index contributed by atoms with van der Waals surface area (Å²) in [5.74, 6) is -0.530. The molecule has 1 aromatic carbocycles. The number of ether oxygens (including phenoxy) is 2. The standard InChI is InChI=1S/C17H23NO5/c1-11-8-14(9-12(2)16(11)23-10-15(19)20)17(21)18-5-7-22-6-4-13(18)3/h8-9,13H,4-7,10H2,1-3H3,(H,19,20). The van der Waals surface area contributed by atoms with Crippen molar-refractivity contribution in [2.24, 2.45) is 0 Å². The van der Waals surface area contributed by atoms with E-state index in [4.69, 9.17) is 14.6 Å². The van der Waals surface area contributed by atoms with Crippen LogP contribution in [0.15, 0.2) is 12.1 Å². The van der Waals surface area contributed by atoms with E-state index in [0.29, 0.717) is 31.1 Å². The molecule has 1 aliphatic rings. The molecule has 1 saturated heterocycles. The second kappa shape index (κ2) is 7.46. The Morgan fingerprint density at radius 1 is 1.30 bits per heavy atom. The molecule has 1 fully saturated rings. The monoisotopic (exact) mass is 321 g/mol. The first-order valence-electron chi connectivity index (χ1n) is 7.74. The smallest absolute Gasteiger partial charge is 0.341 e. The average molecular weight is 321 g/mol. The van der Waals surface area contributed by atoms with Gasteiger partial charge in [-0.1, -0.05) is 0 Å².